The summed E-state index contributed by atoms with van der Waals surface area (Å²) in [6, 6.07) is 5.60. The van der Waals surface area contributed by atoms with Crippen molar-refractivity contribution in [1.29, 1.82) is 0 Å². The van der Waals surface area contributed by atoms with Crippen molar-refractivity contribution in [1.82, 2.24) is 10.2 Å². The summed E-state index contributed by atoms with van der Waals surface area (Å²) in [7, 11) is 3.09. The highest BCUT2D eigenvalue weighted by atomic mass is 16.5. The summed E-state index contributed by atoms with van der Waals surface area (Å²) in [4.78, 5) is 27.5. The van der Waals surface area contributed by atoms with Gasteiger partial charge in [0.05, 0.1) is 25.7 Å². The number of hydrogen-bond donors (Lipinski definition) is 1. The molecule has 1 N–H and O–H groups in total. The lowest BCUT2D eigenvalue weighted by atomic mass is 9.92. The Labute approximate surface area is 161 Å². The second kappa shape index (κ2) is 9.11. The topological polar surface area (TPSA) is 67.9 Å². The van der Waals surface area contributed by atoms with Crippen LogP contribution in [0.15, 0.2) is 18.2 Å². The number of likely N-dealkylation sites (tertiary alicyclic amines) is 1. The van der Waals surface area contributed by atoms with E-state index in [-0.39, 0.29) is 17.7 Å². The van der Waals surface area contributed by atoms with Gasteiger partial charge in [-0.2, -0.15) is 0 Å². The molecule has 1 unspecified atom stereocenters. The Morgan fingerprint density at radius 1 is 1.04 bits per heavy atom. The lowest BCUT2D eigenvalue weighted by Crippen LogP contribution is -2.48. The van der Waals surface area contributed by atoms with E-state index in [4.69, 9.17) is 9.47 Å². The number of hydrogen-bond acceptors (Lipinski definition) is 4. The molecule has 6 nitrogen and oxygen atoms in total. The third-order valence-electron chi connectivity index (χ3n) is 5.66. The van der Waals surface area contributed by atoms with E-state index in [1.165, 1.54) is 26.4 Å². The van der Waals surface area contributed by atoms with Crippen molar-refractivity contribution in [3.8, 4) is 11.5 Å². The van der Waals surface area contributed by atoms with Crippen LogP contribution in [-0.2, 0) is 4.79 Å². The van der Waals surface area contributed by atoms with Crippen molar-refractivity contribution in [2.75, 3.05) is 27.3 Å². The molecule has 3 rings (SSSR count). The Bertz CT molecular complexity index is 670. The second-order valence-electron chi connectivity index (χ2n) is 7.47. The molecular formula is C21H30N2O4. The summed E-state index contributed by atoms with van der Waals surface area (Å²) in [5.74, 6) is 0.824. The lowest BCUT2D eigenvalue weighted by molar-refractivity contribution is -0.127. The number of methoxy groups -OCH3 is 2. The molecule has 1 aliphatic carbocycles. The normalized spacial score (nSPS) is 20.8. The fraction of sp³-hybridized carbons (Fsp3) is 0.619. The monoisotopic (exact) mass is 374 g/mol. The first kappa shape index (κ1) is 19.5. The molecule has 6 heteroatoms. The van der Waals surface area contributed by atoms with Gasteiger partial charge in [-0.15, -0.1) is 0 Å². The molecule has 1 aliphatic heterocycles. The van der Waals surface area contributed by atoms with E-state index in [9.17, 15) is 9.59 Å². The predicted molar refractivity (Wildman–Crippen MR) is 103 cm³/mol. The van der Waals surface area contributed by atoms with Crippen LogP contribution in [0, 0.1) is 5.92 Å². The summed E-state index contributed by atoms with van der Waals surface area (Å²) >= 11 is 0. The van der Waals surface area contributed by atoms with Gasteiger partial charge in [-0.05, 0) is 37.8 Å². The Hall–Kier alpha value is -2.24. The first-order valence-corrected chi connectivity index (χ1v) is 9.94. The maximum Gasteiger partial charge on any atom is 0.257 e. The van der Waals surface area contributed by atoms with Gasteiger partial charge in [-0.1, -0.05) is 25.3 Å². The van der Waals surface area contributed by atoms with Crippen LogP contribution in [-0.4, -0.2) is 50.1 Å². The zero-order valence-corrected chi connectivity index (χ0v) is 16.3. The molecule has 1 saturated heterocycles. The van der Waals surface area contributed by atoms with Crippen molar-refractivity contribution in [3.63, 3.8) is 0 Å². The van der Waals surface area contributed by atoms with Crippen LogP contribution < -0.4 is 14.8 Å². The summed E-state index contributed by atoms with van der Waals surface area (Å²) in [6.45, 7) is 1.12. The molecule has 1 atom stereocenters. The van der Waals surface area contributed by atoms with Gasteiger partial charge in [0.25, 0.3) is 5.91 Å². The van der Waals surface area contributed by atoms with E-state index in [2.05, 4.69) is 5.32 Å². The van der Waals surface area contributed by atoms with Crippen LogP contribution >= 0.6 is 0 Å². The van der Waals surface area contributed by atoms with Gasteiger partial charge in [0.15, 0.2) is 11.5 Å². The molecule has 2 aliphatic rings. The number of piperidine rings is 1. The molecule has 0 radical (unpaired) electrons. The first-order valence-electron chi connectivity index (χ1n) is 9.94. The summed E-state index contributed by atoms with van der Waals surface area (Å²) < 4.78 is 10.7. The molecule has 2 fully saturated rings. The Morgan fingerprint density at radius 3 is 2.52 bits per heavy atom. The number of nitrogens with one attached hydrogen (secondary N) is 1. The number of benzene rings is 1. The molecular weight excluding hydrogens is 344 g/mol. The van der Waals surface area contributed by atoms with Gasteiger partial charge in [0, 0.05) is 19.1 Å². The predicted octanol–water partition coefficient (Wildman–Crippen LogP) is 3.00. The van der Waals surface area contributed by atoms with Gasteiger partial charge < -0.3 is 19.7 Å². The van der Waals surface area contributed by atoms with Gasteiger partial charge in [0.2, 0.25) is 5.91 Å². The minimum atomic E-state index is -0.138. The van der Waals surface area contributed by atoms with Crippen molar-refractivity contribution in [2.24, 2.45) is 5.92 Å². The number of amides is 2. The lowest BCUT2D eigenvalue weighted by Gasteiger charge is -2.33. The first-order chi connectivity index (χ1) is 13.1. The van der Waals surface area contributed by atoms with Crippen molar-refractivity contribution >= 4 is 11.8 Å². The van der Waals surface area contributed by atoms with E-state index >= 15 is 0 Å². The maximum absolute atomic E-state index is 13.1. The Kier molecular flexibility index (Phi) is 6.58. The van der Waals surface area contributed by atoms with Crippen LogP contribution in [0.1, 0.15) is 55.3 Å². The fourth-order valence-corrected chi connectivity index (χ4v) is 4.17. The molecule has 0 bridgehead atoms. The minimum Gasteiger partial charge on any atom is -0.493 e. The van der Waals surface area contributed by atoms with E-state index in [1.54, 1.807) is 30.2 Å². The molecule has 0 aromatic heterocycles. The molecule has 0 spiro atoms. The molecule has 2 amide bonds. The number of carbonyl (C=O) groups is 2. The summed E-state index contributed by atoms with van der Waals surface area (Å²) in [5, 5.41) is 3.21. The van der Waals surface area contributed by atoms with Crippen LogP contribution in [0.4, 0.5) is 0 Å². The number of nitrogens with zero attached hydrogens (tertiary/aromatic N) is 1. The van der Waals surface area contributed by atoms with E-state index in [0.29, 0.717) is 36.2 Å². The second-order valence-corrected chi connectivity index (χ2v) is 7.47. The minimum absolute atomic E-state index is 0.0945. The third-order valence-corrected chi connectivity index (χ3v) is 5.66. The van der Waals surface area contributed by atoms with E-state index in [0.717, 1.165) is 25.7 Å². The van der Waals surface area contributed by atoms with Crippen LogP contribution in [0.3, 0.4) is 0 Å². The summed E-state index contributed by atoms with van der Waals surface area (Å²) in [6.07, 6.45) is 7.45. The Morgan fingerprint density at radius 2 is 1.81 bits per heavy atom. The van der Waals surface area contributed by atoms with Gasteiger partial charge >= 0.3 is 0 Å². The molecule has 1 heterocycles. The molecule has 1 saturated carbocycles. The van der Waals surface area contributed by atoms with Crippen LogP contribution in [0.2, 0.25) is 0 Å². The highest BCUT2D eigenvalue weighted by Gasteiger charge is 2.31. The van der Waals surface area contributed by atoms with Crippen molar-refractivity contribution in [2.45, 2.75) is 51.0 Å². The fourth-order valence-electron chi connectivity index (χ4n) is 4.17. The van der Waals surface area contributed by atoms with Crippen molar-refractivity contribution < 1.29 is 19.1 Å². The number of ether oxygens (including phenoxy) is 2. The van der Waals surface area contributed by atoms with Gasteiger partial charge in [-0.3, -0.25) is 9.59 Å². The maximum atomic E-state index is 13.1. The Balaban J connectivity index is 1.67. The number of para-hydroxylation sites is 1. The zero-order valence-electron chi connectivity index (χ0n) is 16.3. The van der Waals surface area contributed by atoms with Gasteiger partial charge in [-0.25, -0.2) is 0 Å². The van der Waals surface area contributed by atoms with Crippen LogP contribution in [0.5, 0.6) is 11.5 Å². The highest BCUT2D eigenvalue weighted by molar-refractivity contribution is 5.98. The third kappa shape index (κ3) is 4.54. The quantitative estimate of drug-likeness (QED) is 0.860. The largest absolute Gasteiger partial charge is 0.493 e. The van der Waals surface area contributed by atoms with Gasteiger partial charge in [0.1, 0.15) is 0 Å². The zero-order chi connectivity index (χ0) is 19.2. The smallest absolute Gasteiger partial charge is 0.257 e. The summed E-state index contributed by atoms with van der Waals surface area (Å²) in [5.41, 5.74) is 0.477. The van der Waals surface area contributed by atoms with Crippen molar-refractivity contribution in [3.05, 3.63) is 23.8 Å². The molecule has 1 aromatic carbocycles. The molecule has 1 aromatic rings. The number of rotatable bonds is 5. The average molecular weight is 374 g/mol. The van der Waals surface area contributed by atoms with E-state index in [1.807, 2.05) is 0 Å². The van der Waals surface area contributed by atoms with Crippen LogP contribution in [0.25, 0.3) is 0 Å². The standard InChI is InChI=1S/C21H30N2O4/c1-26-18-12-6-11-17(19(18)27-2)21(25)23-13-7-8-15(14-23)20(24)22-16-9-4-3-5-10-16/h6,11-12,15-16H,3-5,7-10,13-14H2,1-2H3,(H,22,24). The molecule has 148 valence electrons. The van der Waals surface area contributed by atoms with E-state index < -0.39 is 0 Å². The molecule has 27 heavy (non-hydrogen) atoms. The SMILES string of the molecule is COc1cccc(C(=O)N2CCCC(C(=O)NC3CCCCC3)C2)c1OC. The highest BCUT2D eigenvalue weighted by Crippen LogP contribution is 2.32. The average Bonchev–Trinajstić information content (AvgIpc) is 2.73. The number of carbonyl (C=O) groups excluding carboxylic acids is 2.